The SMILES string of the molecule is CC.Cc1cnc2c(c1)CCNC2. The number of hydrogen-bond acceptors (Lipinski definition) is 2. The van der Waals surface area contributed by atoms with Crippen molar-refractivity contribution in [3.63, 3.8) is 0 Å². The molecule has 1 N–H and O–H groups in total. The second-order valence-electron chi connectivity index (χ2n) is 3.05. The van der Waals surface area contributed by atoms with E-state index in [1.165, 1.54) is 16.8 Å². The van der Waals surface area contributed by atoms with E-state index < -0.39 is 0 Å². The highest BCUT2D eigenvalue weighted by atomic mass is 14.9. The highest BCUT2D eigenvalue weighted by Crippen LogP contribution is 2.11. The van der Waals surface area contributed by atoms with Crippen molar-refractivity contribution in [1.82, 2.24) is 10.3 Å². The van der Waals surface area contributed by atoms with Crippen molar-refractivity contribution < 1.29 is 0 Å². The number of rotatable bonds is 0. The van der Waals surface area contributed by atoms with Gasteiger partial charge in [-0.15, -0.1) is 0 Å². The van der Waals surface area contributed by atoms with Gasteiger partial charge in [0, 0.05) is 12.7 Å². The monoisotopic (exact) mass is 178 g/mol. The van der Waals surface area contributed by atoms with Crippen LogP contribution in [-0.2, 0) is 13.0 Å². The number of aromatic nitrogens is 1. The Kier molecular flexibility index (Phi) is 3.90. The first-order chi connectivity index (χ1) is 6.36. The molecule has 0 atom stereocenters. The van der Waals surface area contributed by atoms with Crippen molar-refractivity contribution in [2.24, 2.45) is 0 Å². The molecule has 0 saturated carbocycles. The maximum atomic E-state index is 4.36. The van der Waals surface area contributed by atoms with Gasteiger partial charge in [-0.2, -0.15) is 0 Å². The summed E-state index contributed by atoms with van der Waals surface area (Å²) in [5.74, 6) is 0. The van der Waals surface area contributed by atoms with Crippen LogP contribution in [0, 0.1) is 6.92 Å². The molecule has 0 amide bonds. The predicted octanol–water partition coefficient (Wildman–Crippen LogP) is 2.06. The smallest absolute Gasteiger partial charge is 0.0574 e. The third-order valence-corrected chi connectivity index (χ3v) is 2.06. The molecular formula is C11H18N2. The summed E-state index contributed by atoms with van der Waals surface area (Å²) in [4.78, 5) is 4.36. The Balaban J connectivity index is 0.000000396. The Morgan fingerprint density at radius 1 is 1.38 bits per heavy atom. The Morgan fingerprint density at radius 2 is 2.15 bits per heavy atom. The molecule has 0 aromatic carbocycles. The molecule has 1 aliphatic rings. The quantitative estimate of drug-likeness (QED) is 0.657. The van der Waals surface area contributed by atoms with Gasteiger partial charge in [-0.05, 0) is 31.0 Å². The van der Waals surface area contributed by atoms with E-state index in [9.17, 15) is 0 Å². The van der Waals surface area contributed by atoms with Crippen LogP contribution >= 0.6 is 0 Å². The first-order valence-electron chi connectivity index (χ1n) is 5.01. The summed E-state index contributed by atoms with van der Waals surface area (Å²) in [5.41, 5.74) is 3.91. The molecule has 1 aromatic rings. The number of nitrogens with zero attached hydrogens (tertiary/aromatic N) is 1. The van der Waals surface area contributed by atoms with Gasteiger partial charge < -0.3 is 5.32 Å². The zero-order valence-electron chi connectivity index (χ0n) is 8.72. The van der Waals surface area contributed by atoms with Gasteiger partial charge in [0.25, 0.3) is 0 Å². The van der Waals surface area contributed by atoms with Gasteiger partial charge in [0.2, 0.25) is 0 Å². The second kappa shape index (κ2) is 4.97. The second-order valence-corrected chi connectivity index (χ2v) is 3.05. The molecule has 2 rings (SSSR count). The minimum absolute atomic E-state index is 0.940. The zero-order chi connectivity index (χ0) is 9.68. The van der Waals surface area contributed by atoms with Crippen molar-refractivity contribution in [2.45, 2.75) is 33.7 Å². The van der Waals surface area contributed by atoms with Gasteiger partial charge in [-0.1, -0.05) is 19.9 Å². The highest BCUT2D eigenvalue weighted by Gasteiger charge is 2.08. The average molecular weight is 178 g/mol. The molecule has 1 aliphatic heterocycles. The van der Waals surface area contributed by atoms with E-state index in [4.69, 9.17) is 0 Å². The van der Waals surface area contributed by atoms with Crippen LogP contribution in [0.15, 0.2) is 12.3 Å². The maximum absolute atomic E-state index is 4.36. The number of aryl methyl sites for hydroxylation is 1. The molecular weight excluding hydrogens is 160 g/mol. The lowest BCUT2D eigenvalue weighted by Crippen LogP contribution is -2.24. The lowest BCUT2D eigenvalue weighted by molar-refractivity contribution is 0.626. The number of pyridine rings is 1. The molecule has 1 aromatic heterocycles. The standard InChI is InChI=1S/C9H12N2.C2H6/c1-7-4-8-2-3-10-6-9(8)11-5-7;1-2/h4-5,10H,2-3,6H2,1H3;1-2H3. The van der Waals surface area contributed by atoms with E-state index in [1.54, 1.807) is 0 Å². The van der Waals surface area contributed by atoms with Crippen LogP contribution < -0.4 is 5.32 Å². The Morgan fingerprint density at radius 3 is 2.92 bits per heavy atom. The Hall–Kier alpha value is -0.890. The molecule has 0 unspecified atom stereocenters. The normalized spacial score (nSPS) is 14.1. The summed E-state index contributed by atoms with van der Waals surface area (Å²) in [5, 5.41) is 3.30. The molecule has 0 bridgehead atoms. The molecule has 0 radical (unpaired) electrons. The topological polar surface area (TPSA) is 24.9 Å². The molecule has 2 heterocycles. The first kappa shape index (κ1) is 10.2. The van der Waals surface area contributed by atoms with Crippen LogP contribution in [-0.4, -0.2) is 11.5 Å². The van der Waals surface area contributed by atoms with E-state index in [0.29, 0.717) is 0 Å². The van der Waals surface area contributed by atoms with Crippen LogP contribution in [0.4, 0.5) is 0 Å². The van der Waals surface area contributed by atoms with Crippen molar-refractivity contribution >= 4 is 0 Å². The zero-order valence-corrected chi connectivity index (χ0v) is 8.72. The van der Waals surface area contributed by atoms with E-state index in [-0.39, 0.29) is 0 Å². The van der Waals surface area contributed by atoms with Gasteiger partial charge in [0.05, 0.1) is 5.69 Å². The Labute approximate surface area is 80.4 Å². The van der Waals surface area contributed by atoms with E-state index in [0.717, 1.165) is 19.5 Å². The molecule has 2 nitrogen and oxygen atoms in total. The molecule has 0 aliphatic carbocycles. The van der Waals surface area contributed by atoms with E-state index in [1.807, 2.05) is 20.0 Å². The van der Waals surface area contributed by atoms with Gasteiger partial charge in [-0.3, -0.25) is 4.98 Å². The van der Waals surface area contributed by atoms with Gasteiger partial charge >= 0.3 is 0 Å². The summed E-state index contributed by atoms with van der Waals surface area (Å²) in [7, 11) is 0. The largest absolute Gasteiger partial charge is 0.311 e. The van der Waals surface area contributed by atoms with Crippen molar-refractivity contribution in [2.75, 3.05) is 6.54 Å². The minimum Gasteiger partial charge on any atom is -0.311 e. The number of fused-ring (bicyclic) bond motifs is 1. The van der Waals surface area contributed by atoms with Crippen molar-refractivity contribution in [3.8, 4) is 0 Å². The highest BCUT2D eigenvalue weighted by molar-refractivity contribution is 5.26. The van der Waals surface area contributed by atoms with Crippen LogP contribution in [0.5, 0.6) is 0 Å². The molecule has 0 spiro atoms. The van der Waals surface area contributed by atoms with Crippen LogP contribution in [0.25, 0.3) is 0 Å². The fourth-order valence-corrected chi connectivity index (χ4v) is 1.46. The number of nitrogens with one attached hydrogen (secondary N) is 1. The van der Waals surface area contributed by atoms with Gasteiger partial charge in [0.1, 0.15) is 0 Å². The van der Waals surface area contributed by atoms with Crippen LogP contribution in [0.3, 0.4) is 0 Å². The van der Waals surface area contributed by atoms with Gasteiger partial charge in [-0.25, -0.2) is 0 Å². The summed E-state index contributed by atoms with van der Waals surface area (Å²) in [6, 6.07) is 2.24. The third-order valence-electron chi connectivity index (χ3n) is 2.06. The number of hydrogen-bond donors (Lipinski definition) is 1. The van der Waals surface area contributed by atoms with Crippen LogP contribution in [0.1, 0.15) is 30.7 Å². The molecule has 0 saturated heterocycles. The lowest BCUT2D eigenvalue weighted by atomic mass is 10.1. The minimum atomic E-state index is 0.940. The molecule has 72 valence electrons. The average Bonchev–Trinajstić information content (AvgIpc) is 2.21. The van der Waals surface area contributed by atoms with Crippen LogP contribution in [0.2, 0.25) is 0 Å². The fourth-order valence-electron chi connectivity index (χ4n) is 1.46. The van der Waals surface area contributed by atoms with Gasteiger partial charge in [0.15, 0.2) is 0 Å². The Bertz CT molecular complexity index is 269. The third kappa shape index (κ3) is 2.52. The van der Waals surface area contributed by atoms with E-state index in [2.05, 4.69) is 23.3 Å². The summed E-state index contributed by atoms with van der Waals surface area (Å²) in [6.07, 6.45) is 3.07. The summed E-state index contributed by atoms with van der Waals surface area (Å²) >= 11 is 0. The molecule has 0 fully saturated rings. The summed E-state index contributed by atoms with van der Waals surface area (Å²) < 4.78 is 0. The summed E-state index contributed by atoms with van der Waals surface area (Å²) in [6.45, 7) is 8.13. The molecule has 2 heteroatoms. The van der Waals surface area contributed by atoms with E-state index >= 15 is 0 Å². The predicted molar refractivity (Wildman–Crippen MR) is 55.7 cm³/mol. The fraction of sp³-hybridized carbons (Fsp3) is 0.545. The first-order valence-corrected chi connectivity index (χ1v) is 5.01. The maximum Gasteiger partial charge on any atom is 0.0574 e. The van der Waals surface area contributed by atoms with Crippen molar-refractivity contribution in [3.05, 3.63) is 29.1 Å². The molecule has 13 heavy (non-hydrogen) atoms. The van der Waals surface area contributed by atoms with Crippen molar-refractivity contribution in [1.29, 1.82) is 0 Å². The lowest BCUT2D eigenvalue weighted by Gasteiger charge is -2.15.